The largest absolute Gasteiger partial charge is 0.355 e. The van der Waals surface area contributed by atoms with E-state index in [1.54, 1.807) is 6.92 Å². The lowest BCUT2D eigenvalue weighted by Crippen LogP contribution is -2.40. The monoisotopic (exact) mass is 187 g/mol. The molecule has 0 rings (SSSR count). The second-order valence-electron chi connectivity index (χ2n) is 2.81. The summed E-state index contributed by atoms with van der Waals surface area (Å²) in [7, 11) is 0. The van der Waals surface area contributed by atoms with Crippen LogP contribution in [0.15, 0.2) is 0 Å². The molecule has 0 aliphatic rings. The van der Waals surface area contributed by atoms with Gasteiger partial charge in [0.15, 0.2) is 0 Å². The average molecular weight is 187 g/mol. The fourth-order valence-corrected chi connectivity index (χ4v) is 0.708. The number of carbonyl (C=O) groups is 2. The Hall–Kier alpha value is -1.10. The highest BCUT2D eigenvalue weighted by molar-refractivity contribution is 5.85. The highest BCUT2D eigenvalue weighted by Crippen LogP contribution is 1.88. The Morgan fingerprint density at radius 2 is 2.00 bits per heavy atom. The minimum absolute atomic E-state index is 0.0248. The van der Waals surface area contributed by atoms with E-state index in [1.165, 1.54) is 0 Å². The topological polar surface area (TPSA) is 84.2 Å². The first-order chi connectivity index (χ1) is 6.11. The Morgan fingerprint density at radius 3 is 2.46 bits per heavy atom. The van der Waals surface area contributed by atoms with Crippen LogP contribution in [0, 0.1) is 5.92 Å². The zero-order valence-electron chi connectivity index (χ0n) is 8.09. The Morgan fingerprint density at radius 1 is 1.38 bits per heavy atom. The molecule has 1 atom stereocenters. The molecule has 0 aromatic rings. The first kappa shape index (κ1) is 11.9. The second kappa shape index (κ2) is 6.42. The molecule has 4 N–H and O–H groups in total. The fraction of sp³-hybridized carbons (Fsp3) is 0.750. The van der Waals surface area contributed by atoms with Crippen LogP contribution in [-0.4, -0.2) is 31.4 Å². The number of nitrogens with two attached hydrogens (primary N) is 1. The quantitative estimate of drug-likeness (QED) is 0.507. The summed E-state index contributed by atoms with van der Waals surface area (Å²) in [6.07, 6.45) is 0. The summed E-state index contributed by atoms with van der Waals surface area (Å²) in [5.74, 6) is -0.608. The maximum absolute atomic E-state index is 11.1. The number of nitrogens with one attached hydrogen (secondary N) is 2. The van der Waals surface area contributed by atoms with Gasteiger partial charge in [0.2, 0.25) is 11.8 Å². The number of hydrogen-bond acceptors (Lipinski definition) is 3. The summed E-state index contributed by atoms with van der Waals surface area (Å²) < 4.78 is 0. The van der Waals surface area contributed by atoms with Crippen molar-refractivity contribution in [3.05, 3.63) is 0 Å². The maximum atomic E-state index is 11.1. The molecule has 0 saturated heterocycles. The van der Waals surface area contributed by atoms with Gasteiger partial charge in [-0.15, -0.1) is 0 Å². The molecule has 0 radical (unpaired) electrons. The van der Waals surface area contributed by atoms with Gasteiger partial charge in [0, 0.05) is 19.0 Å². The molecule has 0 fully saturated rings. The number of rotatable bonds is 5. The fourth-order valence-electron chi connectivity index (χ4n) is 0.708. The van der Waals surface area contributed by atoms with Gasteiger partial charge in [-0.25, -0.2) is 0 Å². The van der Waals surface area contributed by atoms with Gasteiger partial charge in [-0.1, -0.05) is 6.92 Å². The van der Waals surface area contributed by atoms with Crippen molar-refractivity contribution in [2.24, 2.45) is 11.7 Å². The highest BCUT2D eigenvalue weighted by Gasteiger charge is 2.10. The maximum Gasteiger partial charge on any atom is 0.239 e. The van der Waals surface area contributed by atoms with E-state index in [1.807, 2.05) is 6.92 Å². The molecule has 0 aromatic carbocycles. The molecular formula is C8H17N3O2. The number of hydrogen-bond donors (Lipinski definition) is 3. The third kappa shape index (κ3) is 5.19. The molecule has 0 spiro atoms. The SMILES string of the molecule is CCNC(=O)CNC(=O)C(C)CN. The Bertz CT molecular complexity index is 182. The minimum atomic E-state index is -0.241. The van der Waals surface area contributed by atoms with Crippen LogP contribution in [0.2, 0.25) is 0 Å². The number of likely N-dealkylation sites (N-methyl/N-ethyl adjacent to an activating group) is 1. The van der Waals surface area contributed by atoms with Crippen molar-refractivity contribution in [2.45, 2.75) is 13.8 Å². The molecule has 76 valence electrons. The smallest absolute Gasteiger partial charge is 0.239 e. The standard InChI is InChI=1S/C8H17N3O2/c1-3-10-7(12)5-11-8(13)6(2)4-9/h6H,3-5,9H2,1-2H3,(H,10,12)(H,11,13). The van der Waals surface area contributed by atoms with Gasteiger partial charge in [0.05, 0.1) is 6.54 Å². The average Bonchev–Trinajstić information content (AvgIpc) is 2.13. The van der Waals surface area contributed by atoms with Crippen LogP contribution < -0.4 is 16.4 Å². The van der Waals surface area contributed by atoms with E-state index < -0.39 is 0 Å². The lowest BCUT2D eigenvalue weighted by atomic mass is 10.2. The van der Waals surface area contributed by atoms with E-state index >= 15 is 0 Å². The Balaban J connectivity index is 3.63. The van der Waals surface area contributed by atoms with Crippen molar-refractivity contribution in [1.82, 2.24) is 10.6 Å². The normalized spacial score (nSPS) is 11.9. The third-order valence-corrected chi connectivity index (χ3v) is 1.60. The van der Waals surface area contributed by atoms with E-state index in [0.29, 0.717) is 13.1 Å². The highest BCUT2D eigenvalue weighted by atomic mass is 16.2. The van der Waals surface area contributed by atoms with Crippen LogP contribution in [0.3, 0.4) is 0 Å². The molecule has 5 heteroatoms. The summed E-state index contributed by atoms with van der Waals surface area (Å²) in [5.41, 5.74) is 5.28. The number of carbonyl (C=O) groups excluding carboxylic acids is 2. The van der Waals surface area contributed by atoms with E-state index in [-0.39, 0.29) is 24.3 Å². The minimum Gasteiger partial charge on any atom is -0.355 e. The summed E-state index contributed by atoms with van der Waals surface area (Å²) in [6, 6.07) is 0. The van der Waals surface area contributed by atoms with Crippen LogP contribution in [-0.2, 0) is 9.59 Å². The van der Waals surface area contributed by atoms with Crippen molar-refractivity contribution < 1.29 is 9.59 Å². The van der Waals surface area contributed by atoms with Crippen molar-refractivity contribution in [3.8, 4) is 0 Å². The first-order valence-corrected chi connectivity index (χ1v) is 4.36. The molecule has 0 saturated carbocycles. The molecule has 5 nitrogen and oxygen atoms in total. The molecule has 0 bridgehead atoms. The summed E-state index contributed by atoms with van der Waals surface area (Å²) in [5, 5.41) is 5.06. The predicted octanol–water partition coefficient (Wildman–Crippen LogP) is -1.17. The van der Waals surface area contributed by atoms with Gasteiger partial charge in [0.1, 0.15) is 0 Å². The van der Waals surface area contributed by atoms with Crippen molar-refractivity contribution in [3.63, 3.8) is 0 Å². The molecule has 1 unspecified atom stereocenters. The van der Waals surface area contributed by atoms with Crippen molar-refractivity contribution in [1.29, 1.82) is 0 Å². The Labute approximate surface area is 78.1 Å². The van der Waals surface area contributed by atoms with Crippen LogP contribution >= 0.6 is 0 Å². The zero-order valence-corrected chi connectivity index (χ0v) is 8.09. The van der Waals surface area contributed by atoms with E-state index in [4.69, 9.17) is 5.73 Å². The predicted molar refractivity (Wildman–Crippen MR) is 49.9 cm³/mol. The van der Waals surface area contributed by atoms with Gasteiger partial charge in [0.25, 0.3) is 0 Å². The second-order valence-corrected chi connectivity index (χ2v) is 2.81. The van der Waals surface area contributed by atoms with E-state index in [9.17, 15) is 9.59 Å². The molecule has 0 heterocycles. The van der Waals surface area contributed by atoms with Gasteiger partial charge in [-0.05, 0) is 6.92 Å². The van der Waals surface area contributed by atoms with Crippen LogP contribution in [0.25, 0.3) is 0 Å². The molecule has 13 heavy (non-hydrogen) atoms. The molecule has 0 aromatic heterocycles. The van der Waals surface area contributed by atoms with Crippen LogP contribution in [0.4, 0.5) is 0 Å². The van der Waals surface area contributed by atoms with Crippen molar-refractivity contribution in [2.75, 3.05) is 19.6 Å². The molecule has 2 amide bonds. The Kier molecular flexibility index (Phi) is 5.88. The number of amides is 2. The summed E-state index contributed by atoms with van der Waals surface area (Å²) in [6.45, 7) is 4.43. The van der Waals surface area contributed by atoms with E-state index in [0.717, 1.165) is 0 Å². The summed E-state index contributed by atoms with van der Waals surface area (Å²) in [4.78, 5) is 22.0. The lowest BCUT2D eigenvalue weighted by molar-refractivity contribution is -0.128. The van der Waals surface area contributed by atoms with E-state index in [2.05, 4.69) is 10.6 Å². The van der Waals surface area contributed by atoms with Gasteiger partial charge in [-0.3, -0.25) is 9.59 Å². The zero-order chi connectivity index (χ0) is 10.3. The van der Waals surface area contributed by atoms with Crippen molar-refractivity contribution >= 4 is 11.8 Å². The van der Waals surface area contributed by atoms with Crippen LogP contribution in [0.5, 0.6) is 0 Å². The van der Waals surface area contributed by atoms with Gasteiger partial charge >= 0.3 is 0 Å². The summed E-state index contributed by atoms with van der Waals surface area (Å²) >= 11 is 0. The molecule has 0 aliphatic heterocycles. The third-order valence-electron chi connectivity index (χ3n) is 1.60. The first-order valence-electron chi connectivity index (χ1n) is 4.36. The molecular weight excluding hydrogens is 170 g/mol. The van der Waals surface area contributed by atoms with Crippen LogP contribution in [0.1, 0.15) is 13.8 Å². The lowest BCUT2D eigenvalue weighted by Gasteiger charge is -2.09. The van der Waals surface area contributed by atoms with Gasteiger partial charge < -0.3 is 16.4 Å². The van der Waals surface area contributed by atoms with Gasteiger partial charge in [-0.2, -0.15) is 0 Å². The molecule has 0 aliphatic carbocycles.